The standard InChI is InChI=1S/C12H15NO3/c13-7-10-3-2-9-5-8(6-12(14)15)1-4-11(9)16-10/h1,4-5,10H,2-3,6-7,13H2,(H,14,15). The topological polar surface area (TPSA) is 72.6 Å². The van der Waals surface area contributed by atoms with Gasteiger partial charge in [-0.25, -0.2) is 0 Å². The minimum absolute atomic E-state index is 0.0631. The van der Waals surface area contributed by atoms with Gasteiger partial charge >= 0.3 is 5.97 Å². The molecule has 0 fully saturated rings. The average Bonchev–Trinajstić information content (AvgIpc) is 2.27. The first-order chi connectivity index (χ1) is 7.69. The van der Waals surface area contributed by atoms with E-state index in [1.54, 1.807) is 6.07 Å². The zero-order chi connectivity index (χ0) is 11.5. The van der Waals surface area contributed by atoms with Crippen molar-refractivity contribution >= 4 is 5.97 Å². The number of nitrogens with two attached hydrogens (primary N) is 1. The summed E-state index contributed by atoms with van der Waals surface area (Å²) in [6, 6.07) is 5.55. The lowest BCUT2D eigenvalue weighted by molar-refractivity contribution is -0.136. The van der Waals surface area contributed by atoms with Crippen molar-refractivity contribution in [3.63, 3.8) is 0 Å². The van der Waals surface area contributed by atoms with E-state index in [1.165, 1.54) is 0 Å². The third kappa shape index (κ3) is 2.33. The molecular weight excluding hydrogens is 206 g/mol. The lowest BCUT2D eigenvalue weighted by Gasteiger charge is -2.25. The maximum absolute atomic E-state index is 10.6. The fraction of sp³-hybridized carbons (Fsp3) is 0.417. The van der Waals surface area contributed by atoms with Gasteiger partial charge in [0.2, 0.25) is 0 Å². The van der Waals surface area contributed by atoms with E-state index in [9.17, 15) is 4.79 Å². The highest BCUT2D eigenvalue weighted by atomic mass is 16.5. The minimum atomic E-state index is -0.809. The predicted molar refractivity (Wildman–Crippen MR) is 59.6 cm³/mol. The van der Waals surface area contributed by atoms with E-state index in [1.807, 2.05) is 12.1 Å². The number of ether oxygens (including phenoxy) is 1. The number of aliphatic carboxylic acids is 1. The number of hydrogen-bond acceptors (Lipinski definition) is 3. The van der Waals surface area contributed by atoms with Crippen molar-refractivity contribution in [2.45, 2.75) is 25.4 Å². The van der Waals surface area contributed by atoms with Gasteiger partial charge < -0.3 is 15.6 Å². The van der Waals surface area contributed by atoms with Crippen molar-refractivity contribution in [2.75, 3.05) is 6.54 Å². The van der Waals surface area contributed by atoms with E-state index in [4.69, 9.17) is 15.6 Å². The Morgan fingerprint density at radius 1 is 1.56 bits per heavy atom. The fourth-order valence-corrected chi connectivity index (χ4v) is 1.95. The average molecular weight is 221 g/mol. The Bertz CT molecular complexity index is 403. The molecule has 1 heterocycles. The molecule has 0 saturated carbocycles. The van der Waals surface area contributed by atoms with Gasteiger partial charge in [-0.1, -0.05) is 12.1 Å². The Morgan fingerprint density at radius 2 is 2.38 bits per heavy atom. The van der Waals surface area contributed by atoms with Crippen molar-refractivity contribution < 1.29 is 14.6 Å². The fourth-order valence-electron chi connectivity index (χ4n) is 1.95. The van der Waals surface area contributed by atoms with Crippen molar-refractivity contribution in [1.29, 1.82) is 0 Å². The van der Waals surface area contributed by atoms with Crippen LogP contribution in [-0.4, -0.2) is 23.7 Å². The van der Waals surface area contributed by atoms with E-state index in [0.717, 1.165) is 29.7 Å². The van der Waals surface area contributed by atoms with Gasteiger partial charge in [0.15, 0.2) is 0 Å². The van der Waals surface area contributed by atoms with Gasteiger partial charge in [-0.05, 0) is 30.0 Å². The summed E-state index contributed by atoms with van der Waals surface area (Å²) < 4.78 is 5.67. The van der Waals surface area contributed by atoms with Gasteiger partial charge in [-0.2, -0.15) is 0 Å². The van der Waals surface area contributed by atoms with Gasteiger partial charge in [0.1, 0.15) is 11.9 Å². The highest BCUT2D eigenvalue weighted by Gasteiger charge is 2.18. The second-order valence-electron chi connectivity index (χ2n) is 4.03. The quantitative estimate of drug-likeness (QED) is 0.797. The SMILES string of the molecule is NCC1CCc2cc(CC(=O)O)ccc2O1. The smallest absolute Gasteiger partial charge is 0.307 e. The lowest BCUT2D eigenvalue weighted by atomic mass is 9.99. The minimum Gasteiger partial charge on any atom is -0.489 e. The predicted octanol–water partition coefficient (Wildman–Crippen LogP) is 0.966. The number of aryl methyl sites for hydroxylation is 1. The van der Waals surface area contributed by atoms with E-state index < -0.39 is 5.97 Å². The van der Waals surface area contributed by atoms with Crippen LogP contribution in [0.3, 0.4) is 0 Å². The van der Waals surface area contributed by atoms with Crippen molar-refractivity contribution in [3.8, 4) is 5.75 Å². The van der Waals surface area contributed by atoms with Crippen molar-refractivity contribution in [3.05, 3.63) is 29.3 Å². The number of carboxylic acid groups (broad SMARTS) is 1. The van der Waals surface area contributed by atoms with Crippen LogP contribution in [0.1, 0.15) is 17.5 Å². The molecule has 0 saturated heterocycles. The number of hydrogen-bond donors (Lipinski definition) is 2. The summed E-state index contributed by atoms with van der Waals surface area (Å²) in [7, 11) is 0. The number of carbonyl (C=O) groups is 1. The summed E-state index contributed by atoms with van der Waals surface area (Å²) >= 11 is 0. The zero-order valence-electron chi connectivity index (χ0n) is 8.98. The Kier molecular flexibility index (Phi) is 3.10. The Balaban J connectivity index is 2.18. The molecule has 0 aromatic heterocycles. The lowest BCUT2D eigenvalue weighted by Crippen LogP contribution is -2.30. The van der Waals surface area contributed by atoms with Gasteiger partial charge in [-0.15, -0.1) is 0 Å². The third-order valence-electron chi connectivity index (χ3n) is 2.77. The van der Waals surface area contributed by atoms with Crippen LogP contribution in [0.5, 0.6) is 5.75 Å². The number of benzene rings is 1. The molecule has 4 nitrogen and oxygen atoms in total. The molecule has 1 aromatic carbocycles. The first-order valence-corrected chi connectivity index (χ1v) is 5.39. The van der Waals surface area contributed by atoms with Gasteiger partial charge in [0.25, 0.3) is 0 Å². The first kappa shape index (κ1) is 11.0. The number of carboxylic acids is 1. The molecule has 1 atom stereocenters. The van der Waals surface area contributed by atoms with Crippen LogP contribution in [0.25, 0.3) is 0 Å². The van der Waals surface area contributed by atoms with E-state index in [0.29, 0.717) is 6.54 Å². The first-order valence-electron chi connectivity index (χ1n) is 5.39. The summed E-state index contributed by atoms with van der Waals surface area (Å²) in [5.41, 5.74) is 7.46. The number of rotatable bonds is 3. The molecule has 1 unspecified atom stereocenters. The summed E-state index contributed by atoms with van der Waals surface area (Å²) in [6.07, 6.45) is 1.97. The van der Waals surface area contributed by atoms with E-state index in [-0.39, 0.29) is 12.5 Å². The second-order valence-corrected chi connectivity index (χ2v) is 4.03. The van der Waals surface area contributed by atoms with Crippen LogP contribution < -0.4 is 10.5 Å². The molecular formula is C12H15NO3. The van der Waals surface area contributed by atoms with Gasteiger partial charge in [0, 0.05) is 6.54 Å². The molecule has 2 rings (SSSR count). The third-order valence-corrected chi connectivity index (χ3v) is 2.77. The van der Waals surface area contributed by atoms with E-state index in [2.05, 4.69) is 0 Å². The summed E-state index contributed by atoms with van der Waals surface area (Å²) in [4.78, 5) is 10.6. The van der Waals surface area contributed by atoms with Crippen LogP contribution in [-0.2, 0) is 17.6 Å². The molecule has 86 valence electrons. The van der Waals surface area contributed by atoms with E-state index >= 15 is 0 Å². The second kappa shape index (κ2) is 4.53. The number of fused-ring (bicyclic) bond motifs is 1. The Labute approximate surface area is 94.0 Å². The zero-order valence-corrected chi connectivity index (χ0v) is 8.98. The maximum atomic E-state index is 10.6. The van der Waals surface area contributed by atoms with Crippen LogP contribution in [0.2, 0.25) is 0 Å². The molecule has 1 aromatic rings. The molecule has 0 bridgehead atoms. The van der Waals surface area contributed by atoms with Crippen LogP contribution in [0, 0.1) is 0 Å². The van der Waals surface area contributed by atoms with Crippen molar-refractivity contribution in [2.24, 2.45) is 5.73 Å². The highest BCUT2D eigenvalue weighted by Crippen LogP contribution is 2.28. The van der Waals surface area contributed by atoms with Crippen molar-refractivity contribution in [1.82, 2.24) is 0 Å². The molecule has 0 aliphatic carbocycles. The monoisotopic (exact) mass is 221 g/mol. The summed E-state index contributed by atoms with van der Waals surface area (Å²) in [5, 5.41) is 8.70. The largest absolute Gasteiger partial charge is 0.489 e. The molecule has 4 heteroatoms. The summed E-state index contributed by atoms with van der Waals surface area (Å²) in [5.74, 6) is 0.0346. The molecule has 0 amide bonds. The molecule has 16 heavy (non-hydrogen) atoms. The highest BCUT2D eigenvalue weighted by molar-refractivity contribution is 5.70. The molecule has 1 aliphatic heterocycles. The summed E-state index contributed by atoms with van der Waals surface area (Å²) in [6.45, 7) is 0.524. The normalized spacial score (nSPS) is 18.7. The maximum Gasteiger partial charge on any atom is 0.307 e. The molecule has 0 spiro atoms. The van der Waals surface area contributed by atoms with Crippen LogP contribution >= 0.6 is 0 Å². The molecule has 0 radical (unpaired) electrons. The van der Waals surface area contributed by atoms with Gasteiger partial charge in [-0.3, -0.25) is 4.79 Å². The van der Waals surface area contributed by atoms with Crippen LogP contribution in [0.4, 0.5) is 0 Å². The van der Waals surface area contributed by atoms with Crippen LogP contribution in [0.15, 0.2) is 18.2 Å². The Morgan fingerprint density at radius 3 is 3.06 bits per heavy atom. The Hall–Kier alpha value is -1.55. The van der Waals surface area contributed by atoms with Gasteiger partial charge in [0.05, 0.1) is 6.42 Å². The molecule has 3 N–H and O–H groups in total. The molecule has 1 aliphatic rings.